The number of thiophene rings is 1. The van der Waals surface area contributed by atoms with Crippen molar-refractivity contribution in [2.24, 2.45) is 5.92 Å². The second-order valence-electron chi connectivity index (χ2n) is 9.65. The lowest BCUT2D eigenvalue weighted by atomic mass is 9.95. The molecule has 3 aromatic rings. The summed E-state index contributed by atoms with van der Waals surface area (Å²) in [5.41, 5.74) is 2.62. The number of aromatic nitrogens is 1. The summed E-state index contributed by atoms with van der Waals surface area (Å²) in [6, 6.07) is 10.9. The fraction of sp³-hybridized carbons (Fsp3) is 0.481. The Kier molecular flexibility index (Phi) is 7.20. The molecule has 4 heterocycles. The Bertz CT molecular complexity index is 1180. The Balaban J connectivity index is 1.21. The van der Waals surface area contributed by atoms with E-state index >= 15 is 0 Å². The Labute approximate surface area is 209 Å². The van der Waals surface area contributed by atoms with Crippen LogP contribution in [0.15, 0.2) is 41.8 Å². The van der Waals surface area contributed by atoms with E-state index < -0.39 is 0 Å². The molecule has 2 aliphatic rings. The Hall–Kier alpha value is -2.71. The molecule has 0 radical (unpaired) electrons. The largest absolute Gasteiger partial charge is 0.354 e. The van der Waals surface area contributed by atoms with Crippen molar-refractivity contribution in [3.63, 3.8) is 0 Å². The predicted molar refractivity (Wildman–Crippen MR) is 137 cm³/mol. The molecule has 1 N–H and O–H groups in total. The van der Waals surface area contributed by atoms with Crippen LogP contribution in [-0.2, 0) is 11.3 Å². The summed E-state index contributed by atoms with van der Waals surface area (Å²) in [4.78, 5) is 30.6. The third kappa shape index (κ3) is 5.14. The maximum Gasteiger partial charge on any atom is 0.270 e. The first-order chi connectivity index (χ1) is 17.0. The molecule has 0 spiro atoms. The van der Waals surface area contributed by atoms with Crippen molar-refractivity contribution >= 4 is 33.4 Å². The number of carbonyl (C=O) groups excluding carboxylic acids is 2. The number of carbonyl (C=O) groups is 2. The van der Waals surface area contributed by atoms with E-state index in [0.29, 0.717) is 44.2 Å². The van der Waals surface area contributed by atoms with Gasteiger partial charge in [0.05, 0.1) is 10.2 Å². The fourth-order valence-electron chi connectivity index (χ4n) is 5.51. The van der Waals surface area contributed by atoms with Crippen LogP contribution in [0.3, 0.4) is 0 Å². The van der Waals surface area contributed by atoms with Crippen molar-refractivity contribution in [3.05, 3.63) is 58.9 Å². The zero-order chi connectivity index (χ0) is 24.4. The summed E-state index contributed by atoms with van der Waals surface area (Å²) in [6.07, 6.45) is 3.73. The van der Waals surface area contributed by atoms with Gasteiger partial charge >= 0.3 is 0 Å². The van der Waals surface area contributed by atoms with Gasteiger partial charge in [-0.25, -0.2) is 4.39 Å². The highest BCUT2D eigenvalue weighted by atomic mass is 32.1. The van der Waals surface area contributed by atoms with Crippen LogP contribution in [0, 0.1) is 11.7 Å². The monoisotopic (exact) mass is 496 g/mol. The van der Waals surface area contributed by atoms with E-state index in [0.717, 1.165) is 41.8 Å². The molecule has 2 aliphatic heterocycles. The molecule has 0 bridgehead atoms. The van der Waals surface area contributed by atoms with E-state index in [1.165, 1.54) is 18.6 Å². The molecule has 186 valence electrons. The lowest BCUT2D eigenvalue weighted by Gasteiger charge is -2.32. The summed E-state index contributed by atoms with van der Waals surface area (Å²) in [7, 11) is 0. The first-order valence-electron chi connectivity index (χ1n) is 12.7. The van der Waals surface area contributed by atoms with Crippen molar-refractivity contribution in [3.8, 4) is 0 Å². The van der Waals surface area contributed by atoms with Crippen LogP contribution in [-0.4, -0.2) is 64.9 Å². The highest BCUT2D eigenvalue weighted by Crippen LogP contribution is 2.28. The van der Waals surface area contributed by atoms with Gasteiger partial charge in [0, 0.05) is 38.1 Å². The summed E-state index contributed by atoms with van der Waals surface area (Å²) in [5, 5.41) is 5.20. The SMILES string of the molecule is CCN1CCC[C@H]1CNC(=O)C1CCN(C(=O)c2cc3sccc3n2Cc2ccc(F)cc2)CC1. The Morgan fingerprint density at radius 2 is 1.86 bits per heavy atom. The first kappa shape index (κ1) is 24.0. The van der Waals surface area contributed by atoms with Gasteiger partial charge < -0.3 is 14.8 Å². The van der Waals surface area contributed by atoms with Gasteiger partial charge in [0.1, 0.15) is 11.5 Å². The number of fused-ring (bicyclic) bond motifs is 1. The zero-order valence-corrected chi connectivity index (χ0v) is 21.0. The van der Waals surface area contributed by atoms with Gasteiger partial charge in [0.2, 0.25) is 5.91 Å². The third-order valence-corrected chi connectivity index (χ3v) is 8.42. The summed E-state index contributed by atoms with van der Waals surface area (Å²) in [5.74, 6) is -0.180. The van der Waals surface area contributed by atoms with Gasteiger partial charge in [0.25, 0.3) is 5.91 Å². The van der Waals surface area contributed by atoms with E-state index in [1.807, 2.05) is 27.0 Å². The van der Waals surface area contributed by atoms with Crippen molar-refractivity contribution in [1.82, 2.24) is 19.7 Å². The predicted octanol–water partition coefficient (Wildman–Crippen LogP) is 4.34. The number of halogens is 1. The van der Waals surface area contributed by atoms with Crippen LogP contribution < -0.4 is 5.32 Å². The summed E-state index contributed by atoms with van der Waals surface area (Å²) >= 11 is 1.61. The smallest absolute Gasteiger partial charge is 0.270 e. The van der Waals surface area contributed by atoms with Crippen molar-refractivity contribution in [2.45, 2.75) is 45.2 Å². The van der Waals surface area contributed by atoms with E-state index in [2.05, 4.69) is 17.1 Å². The minimum absolute atomic E-state index is 0.00101. The minimum atomic E-state index is -0.268. The molecule has 0 saturated carbocycles. The van der Waals surface area contributed by atoms with Crippen molar-refractivity contribution < 1.29 is 14.0 Å². The maximum absolute atomic E-state index is 13.5. The van der Waals surface area contributed by atoms with Crippen LogP contribution in [0.4, 0.5) is 4.39 Å². The number of nitrogens with one attached hydrogen (secondary N) is 1. The van der Waals surface area contributed by atoms with E-state index in [9.17, 15) is 14.0 Å². The lowest BCUT2D eigenvalue weighted by Crippen LogP contribution is -2.46. The normalized spacial score (nSPS) is 19.5. The van der Waals surface area contributed by atoms with Gasteiger partial charge in [-0.05, 0) is 74.0 Å². The molecule has 1 atom stereocenters. The molecule has 35 heavy (non-hydrogen) atoms. The lowest BCUT2D eigenvalue weighted by molar-refractivity contribution is -0.126. The van der Waals surface area contributed by atoms with Crippen LogP contribution in [0.5, 0.6) is 0 Å². The van der Waals surface area contributed by atoms with Crippen LogP contribution in [0.2, 0.25) is 0 Å². The van der Waals surface area contributed by atoms with Crippen LogP contribution in [0.25, 0.3) is 10.2 Å². The number of likely N-dealkylation sites (tertiary alicyclic amines) is 2. The standard InChI is InChI=1S/C27H33FN4O2S/c1-2-30-12-3-4-22(30)17-29-26(33)20-9-13-31(14-10-20)27(34)24-16-25-23(11-15-35-25)32(24)18-19-5-7-21(28)8-6-19/h5-8,11,15-16,20,22H,2-4,9-10,12-14,17-18H2,1H3,(H,29,33)/t22-/m0/s1. The number of amides is 2. The number of hydrogen-bond acceptors (Lipinski definition) is 4. The highest BCUT2D eigenvalue weighted by molar-refractivity contribution is 7.17. The van der Waals surface area contributed by atoms with Crippen molar-refractivity contribution in [2.75, 3.05) is 32.7 Å². The average molecular weight is 497 g/mol. The third-order valence-electron chi connectivity index (χ3n) is 7.57. The maximum atomic E-state index is 13.5. The minimum Gasteiger partial charge on any atom is -0.354 e. The molecule has 2 aromatic heterocycles. The first-order valence-corrected chi connectivity index (χ1v) is 13.5. The van der Waals surface area contributed by atoms with Gasteiger partial charge in [-0.1, -0.05) is 19.1 Å². The molecule has 0 unspecified atom stereocenters. The quantitative estimate of drug-likeness (QED) is 0.529. The van der Waals surface area contributed by atoms with Gasteiger partial charge in [-0.2, -0.15) is 0 Å². The summed E-state index contributed by atoms with van der Waals surface area (Å²) < 4.78 is 16.5. The van der Waals surface area contributed by atoms with E-state index in [-0.39, 0.29) is 23.5 Å². The van der Waals surface area contributed by atoms with Gasteiger partial charge in [-0.15, -0.1) is 11.3 Å². The van der Waals surface area contributed by atoms with E-state index in [4.69, 9.17) is 0 Å². The number of piperidine rings is 1. The molecule has 0 aliphatic carbocycles. The molecular weight excluding hydrogens is 463 g/mol. The van der Waals surface area contributed by atoms with Crippen LogP contribution in [0.1, 0.15) is 48.7 Å². The number of likely N-dealkylation sites (N-methyl/N-ethyl adjacent to an activating group) is 1. The second-order valence-corrected chi connectivity index (χ2v) is 10.6. The van der Waals surface area contributed by atoms with E-state index in [1.54, 1.807) is 23.5 Å². The molecule has 5 rings (SSSR count). The topological polar surface area (TPSA) is 57.6 Å². The molecule has 2 saturated heterocycles. The molecule has 2 amide bonds. The van der Waals surface area contributed by atoms with Gasteiger partial charge in [0.15, 0.2) is 0 Å². The molecule has 8 heteroatoms. The van der Waals surface area contributed by atoms with Gasteiger partial charge in [-0.3, -0.25) is 14.5 Å². The Morgan fingerprint density at radius 3 is 2.60 bits per heavy atom. The number of nitrogens with zero attached hydrogens (tertiary/aromatic N) is 3. The number of benzene rings is 1. The molecular formula is C27H33FN4O2S. The number of rotatable bonds is 7. The highest BCUT2D eigenvalue weighted by Gasteiger charge is 2.31. The molecule has 6 nitrogen and oxygen atoms in total. The Morgan fingerprint density at radius 1 is 1.09 bits per heavy atom. The molecule has 1 aromatic carbocycles. The fourth-order valence-corrected chi connectivity index (χ4v) is 6.33. The van der Waals surface area contributed by atoms with Crippen molar-refractivity contribution in [1.29, 1.82) is 0 Å². The number of hydrogen-bond donors (Lipinski definition) is 1. The molecule has 2 fully saturated rings. The second kappa shape index (κ2) is 10.5. The average Bonchev–Trinajstić information content (AvgIpc) is 3.61. The summed E-state index contributed by atoms with van der Waals surface area (Å²) in [6.45, 7) is 6.72. The zero-order valence-electron chi connectivity index (χ0n) is 20.2. The van der Waals surface area contributed by atoms with Crippen LogP contribution >= 0.6 is 11.3 Å².